The van der Waals surface area contributed by atoms with Gasteiger partial charge in [0.1, 0.15) is 11.5 Å². The van der Waals surface area contributed by atoms with Crippen molar-refractivity contribution in [3.8, 4) is 22.6 Å². The van der Waals surface area contributed by atoms with E-state index in [1.165, 1.54) is 12.1 Å². The molecule has 5 nitrogen and oxygen atoms in total. The zero-order chi connectivity index (χ0) is 19.1. The Balaban J connectivity index is 1.74. The second kappa shape index (κ2) is 9.07. The molecule has 1 aromatic carbocycles. The molecule has 1 N–H and O–H groups in total. The zero-order valence-electron chi connectivity index (χ0n) is 14.9. The Morgan fingerprint density at radius 1 is 1.04 bits per heavy atom. The largest absolute Gasteiger partial charge is 0.481 e. The van der Waals surface area contributed by atoms with E-state index in [0.717, 1.165) is 30.4 Å². The summed E-state index contributed by atoms with van der Waals surface area (Å²) in [5, 5.41) is 8.66. The first kappa shape index (κ1) is 18.8. The van der Waals surface area contributed by atoms with Crippen LogP contribution in [-0.4, -0.2) is 21.0 Å². The minimum Gasteiger partial charge on any atom is -0.481 e. The topological polar surface area (TPSA) is 76.2 Å². The third kappa shape index (κ3) is 5.23. The van der Waals surface area contributed by atoms with Gasteiger partial charge in [-0.25, -0.2) is 9.37 Å². The average Bonchev–Trinajstić information content (AvgIpc) is 3.10. The fraction of sp³-hybridized carbons (Fsp3) is 0.286. The molecule has 0 unspecified atom stereocenters. The first-order valence-corrected chi connectivity index (χ1v) is 9.01. The number of carboxylic acids is 1. The summed E-state index contributed by atoms with van der Waals surface area (Å²) in [5.41, 5.74) is 2.27. The van der Waals surface area contributed by atoms with Crippen molar-refractivity contribution < 1.29 is 18.7 Å². The molecule has 0 atom stereocenters. The summed E-state index contributed by atoms with van der Waals surface area (Å²) >= 11 is 0. The highest BCUT2D eigenvalue weighted by atomic mass is 19.1. The molecule has 0 bridgehead atoms. The van der Waals surface area contributed by atoms with E-state index in [1.54, 1.807) is 24.5 Å². The molecule has 0 aliphatic rings. The van der Waals surface area contributed by atoms with E-state index in [2.05, 4.69) is 9.97 Å². The van der Waals surface area contributed by atoms with Crippen molar-refractivity contribution in [1.82, 2.24) is 9.97 Å². The summed E-state index contributed by atoms with van der Waals surface area (Å²) in [6.07, 6.45) is 7.62. The van der Waals surface area contributed by atoms with Crippen molar-refractivity contribution in [3.63, 3.8) is 0 Å². The maximum absolute atomic E-state index is 13.3. The quantitative estimate of drug-likeness (QED) is 0.531. The molecule has 2 heterocycles. The average molecular weight is 368 g/mol. The van der Waals surface area contributed by atoms with Gasteiger partial charge in [-0.05, 0) is 49.2 Å². The lowest BCUT2D eigenvalue weighted by atomic mass is 10.1. The molecule has 0 aliphatic carbocycles. The van der Waals surface area contributed by atoms with Crippen LogP contribution in [0.1, 0.15) is 38.0 Å². The number of unbranched alkanes of at least 4 members (excludes halogenated alkanes) is 3. The number of halogens is 1. The van der Waals surface area contributed by atoms with E-state index in [-0.39, 0.29) is 12.2 Å². The van der Waals surface area contributed by atoms with Crippen LogP contribution in [0.5, 0.6) is 0 Å². The van der Waals surface area contributed by atoms with Crippen molar-refractivity contribution >= 4 is 5.97 Å². The summed E-state index contributed by atoms with van der Waals surface area (Å²) in [6, 6.07) is 9.90. The minimum atomic E-state index is -0.757. The number of aromatic nitrogens is 2. The molecule has 3 rings (SSSR count). The predicted octanol–water partition coefficient (Wildman–Crippen LogP) is 5.12. The molecule has 0 aliphatic heterocycles. The molecule has 2 aromatic heterocycles. The number of aliphatic carboxylic acids is 1. The Bertz CT molecular complexity index is 876. The Morgan fingerprint density at radius 3 is 2.52 bits per heavy atom. The first-order chi connectivity index (χ1) is 13.1. The zero-order valence-corrected chi connectivity index (χ0v) is 14.9. The number of pyridine rings is 1. The fourth-order valence-corrected chi connectivity index (χ4v) is 2.87. The molecule has 3 aromatic rings. The second-order valence-corrected chi connectivity index (χ2v) is 6.34. The number of aryl methyl sites for hydroxylation is 1. The SMILES string of the molecule is O=C(O)CCCCCCc1nc(-c2ccc(F)cc2)c(-c2cccnc2)o1. The highest BCUT2D eigenvalue weighted by Crippen LogP contribution is 2.32. The van der Waals surface area contributed by atoms with Gasteiger partial charge in [0.15, 0.2) is 11.7 Å². The van der Waals surface area contributed by atoms with Gasteiger partial charge < -0.3 is 9.52 Å². The van der Waals surface area contributed by atoms with Crippen molar-refractivity contribution in [2.45, 2.75) is 38.5 Å². The van der Waals surface area contributed by atoms with E-state index < -0.39 is 5.97 Å². The molecular formula is C21H21FN2O3. The monoisotopic (exact) mass is 368 g/mol. The highest BCUT2D eigenvalue weighted by Gasteiger charge is 2.17. The number of benzene rings is 1. The van der Waals surface area contributed by atoms with E-state index in [1.807, 2.05) is 12.1 Å². The van der Waals surface area contributed by atoms with Crippen LogP contribution in [0.3, 0.4) is 0 Å². The molecule has 6 heteroatoms. The Kier molecular flexibility index (Phi) is 6.30. The van der Waals surface area contributed by atoms with Crippen LogP contribution in [0.4, 0.5) is 4.39 Å². The van der Waals surface area contributed by atoms with Gasteiger partial charge in [-0.1, -0.05) is 12.8 Å². The summed E-state index contributed by atoms with van der Waals surface area (Å²) < 4.78 is 19.3. The molecule has 27 heavy (non-hydrogen) atoms. The van der Waals surface area contributed by atoms with Gasteiger partial charge in [0.05, 0.1) is 0 Å². The minimum absolute atomic E-state index is 0.207. The molecular weight excluding hydrogens is 347 g/mol. The number of carboxylic acid groups (broad SMARTS) is 1. The lowest BCUT2D eigenvalue weighted by Crippen LogP contribution is -1.94. The third-order valence-corrected chi connectivity index (χ3v) is 4.24. The first-order valence-electron chi connectivity index (χ1n) is 9.01. The van der Waals surface area contributed by atoms with Crippen molar-refractivity contribution in [3.05, 3.63) is 60.5 Å². The van der Waals surface area contributed by atoms with Crippen LogP contribution < -0.4 is 0 Å². The molecule has 0 radical (unpaired) electrons. The fourth-order valence-electron chi connectivity index (χ4n) is 2.87. The lowest BCUT2D eigenvalue weighted by molar-refractivity contribution is -0.137. The van der Waals surface area contributed by atoms with Crippen LogP contribution in [0.25, 0.3) is 22.6 Å². The number of rotatable bonds is 9. The van der Waals surface area contributed by atoms with Crippen molar-refractivity contribution in [2.24, 2.45) is 0 Å². The maximum atomic E-state index is 13.3. The van der Waals surface area contributed by atoms with Gasteiger partial charge in [0.2, 0.25) is 0 Å². The normalized spacial score (nSPS) is 10.9. The van der Waals surface area contributed by atoms with Crippen LogP contribution in [-0.2, 0) is 11.2 Å². The van der Waals surface area contributed by atoms with Gasteiger partial charge in [0.25, 0.3) is 0 Å². The Morgan fingerprint density at radius 2 is 1.81 bits per heavy atom. The summed E-state index contributed by atoms with van der Waals surface area (Å²) in [6.45, 7) is 0. The lowest BCUT2D eigenvalue weighted by Gasteiger charge is -2.01. The molecule has 0 saturated carbocycles. The number of carbonyl (C=O) groups is 1. The number of hydrogen-bond donors (Lipinski definition) is 1. The Hall–Kier alpha value is -3.02. The van der Waals surface area contributed by atoms with Gasteiger partial charge in [-0.15, -0.1) is 0 Å². The predicted molar refractivity (Wildman–Crippen MR) is 99.6 cm³/mol. The van der Waals surface area contributed by atoms with E-state index in [4.69, 9.17) is 9.52 Å². The summed E-state index contributed by atoms with van der Waals surface area (Å²) in [4.78, 5) is 19.3. The molecule has 0 fully saturated rings. The maximum Gasteiger partial charge on any atom is 0.303 e. The van der Waals surface area contributed by atoms with Crippen LogP contribution in [0, 0.1) is 5.82 Å². The van der Waals surface area contributed by atoms with Crippen LogP contribution in [0.2, 0.25) is 0 Å². The molecule has 0 spiro atoms. The molecule has 140 valence electrons. The van der Waals surface area contributed by atoms with E-state index in [9.17, 15) is 9.18 Å². The van der Waals surface area contributed by atoms with Gasteiger partial charge in [-0.2, -0.15) is 0 Å². The standard InChI is InChI=1S/C21H21FN2O3/c22-17-11-9-15(10-12-17)20-21(16-6-5-13-23-14-16)27-18(24-20)7-3-1-2-4-8-19(25)26/h5-6,9-14H,1-4,7-8H2,(H,25,26). The smallest absolute Gasteiger partial charge is 0.303 e. The second-order valence-electron chi connectivity index (χ2n) is 6.34. The van der Waals surface area contributed by atoms with Gasteiger partial charge in [-0.3, -0.25) is 9.78 Å². The van der Waals surface area contributed by atoms with E-state index in [0.29, 0.717) is 30.2 Å². The number of nitrogens with zero attached hydrogens (tertiary/aromatic N) is 2. The Labute approximate surface area is 156 Å². The highest BCUT2D eigenvalue weighted by molar-refractivity contribution is 5.76. The van der Waals surface area contributed by atoms with Crippen LogP contribution >= 0.6 is 0 Å². The number of oxazole rings is 1. The summed E-state index contributed by atoms with van der Waals surface area (Å²) in [5.74, 6) is 0.182. The van der Waals surface area contributed by atoms with E-state index >= 15 is 0 Å². The summed E-state index contributed by atoms with van der Waals surface area (Å²) in [7, 11) is 0. The van der Waals surface area contributed by atoms with Crippen LogP contribution in [0.15, 0.2) is 53.2 Å². The van der Waals surface area contributed by atoms with Crippen molar-refractivity contribution in [1.29, 1.82) is 0 Å². The van der Waals surface area contributed by atoms with Gasteiger partial charge >= 0.3 is 5.97 Å². The number of hydrogen-bond acceptors (Lipinski definition) is 4. The molecule has 0 saturated heterocycles. The third-order valence-electron chi connectivity index (χ3n) is 4.24. The van der Waals surface area contributed by atoms with Crippen molar-refractivity contribution in [2.75, 3.05) is 0 Å². The molecule has 0 amide bonds. The van der Waals surface area contributed by atoms with Gasteiger partial charge in [0, 0.05) is 36.4 Å².